The van der Waals surface area contributed by atoms with Crippen LogP contribution in [-0.2, 0) is 28.2 Å². The molecule has 0 saturated heterocycles. The smallest absolute Gasteiger partial charge is 0.462 e. The Bertz CT molecular complexity index is 1060. The summed E-state index contributed by atoms with van der Waals surface area (Å²) in [5.41, 5.74) is 0. The van der Waals surface area contributed by atoms with Crippen molar-refractivity contribution in [1.29, 1.82) is 0 Å². The van der Waals surface area contributed by atoms with E-state index in [1.54, 1.807) is 42.5 Å². The van der Waals surface area contributed by atoms with Crippen LogP contribution in [0.5, 0.6) is 0 Å². The third-order valence-corrected chi connectivity index (χ3v) is 8.06. The largest absolute Gasteiger partial charge is 0.469 e. The van der Waals surface area contributed by atoms with Crippen molar-refractivity contribution >= 4 is 19.8 Å². The van der Waals surface area contributed by atoms with Crippen LogP contribution in [0.1, 0.15) is 124 Å². The van der Waals surface area contributed by atoms with Gasteiger partial charge in [-0.3, -0.25) is 14.1 Å². The Morgan fingerprint density at radius 3 is 1.84 bits per heavy atom. The number of phosphoric ester groups is 1. The maximum atomic E-state index is 12.4. The molecule has 12 heteroatoms. The van der Waals surface area contributed by atoms with Gasteiger partial charge in [0.1, 0.15) is 6.61 Å². The van der Waals surface area contributed by atoms with Gasteiger partial charge in [0, 0.05) is 12.8 Å². The number of hydrogen-bond donors (Lipinski definition) is 5. The molecule has 0 aromatic carbocycles. The number of unbranched alkanes of at least 4 members (excludes halogenated alkanes) is 8. The molecule has 0 aliphatic carbocycles. The van der Waals surface area contributed by atoms with Gasteiger partial charge in [-0.25, -0.2) is 4.57 Å². The highest BCUT2D eigenvalue weighted by atomic mass is 31.2. The number of phosphoric acid groups is 1. The lowest BCUT2D eigenvalue weighted by atomic mass is 10.0. The summed E-state index contributed by atoms with van der Waals surface area (Å²) in [5.74, 6) is -0.461. The van der Waals surface area contributed by atoms with E-state index in [-0.39, 0.29) is 25.7 Å². The van der Waals surface area contributed by atoms with Crippen molar-refractivity contribution in [2.75, 3.05) is 13.2 Å². The standard InChI is InChI=1S/C38H65O11P/c1-4-5-17-24-33(39)25-19-14-11-12-15-20-26-35(40)36(41)27-22-29-38(43)49-34(31-48-50(44,45)46)30-47-37(42)28-21-16-10-8-6-7-9-13-18-23-32(2)3/h5,11-12,14-15,17,19-20,25-26,32-36,39-41H,4,6-10,13,16,18,21-24,27-31H2,1-3H3,(H2,44,45,46)/b14-11+,15-12-,17-5-,25-19+,26-20-/t33-,34+,35+,36+/m0/s1. The van der Waals surface area contributed by atoms with E-state index in [2.05, 4.69) is 18.4 Å². The molecule has 0 fully saturated rings. The molecule has 0 amide bonds. The maximum absolute atomic E-state index is 12.4. The zero-order chi connectivity index (χ0) is 37.5. The van der Waals surface area contributed by atoms with Gasteiger partial charge in [-0.2, -0.15) is 0 Å². The predicted octanol–water partition coefficient (Wildman–Crippen LogP) is 7.33. The van der Waals surface area contributed by atoms with Crippen LogP contribution in [0.15, 0.2) is 60.8 Å². The molecule has 11 nitrogen and oxygen atoms in total. The van der Waals surface area contributed by atoms with Crippen molar-refractivity contribution in [3.8, 4) is 0 Å². The summed E-state index contributed by atoms with van der Waals surface area (Å²) in [4.78, 5) is 42.7. The van der Waals surface area contributed by atoms with E-state index in [1.807, 2.05) is 19.1 Å². The molecule has 0 rings (SSSR count). The van der Waals surface area contributed by atoms with E-state index in [4.69, 9.17) is 19.3 Å². The van der Waals surface area contributed by atoms with Gasteiger partial charge in [-0.05, 0) is 38.0 Å². The van der Waals surface area contributed by atoms with Gasteiger partial charge in [-0.1, -0.05) is 139 Å². The number of allylic oxidation sites excluding steroid dienone is 7. The number of esters is 2. The Hall–Kier alpha value is -2.37. The van der Waals surface area contributed by atoms with Crippen molar-refractivity contribution in [3.05, 3.63) is 60.8 Å². The second kappa shape index (κ2) is 31.4. The summed E-state index contributed by atoms with van der Waals surface area (Å²) in [6.45, 7) is 5.45. The fraction of sp³-hybridized carbons (Fsp3) is 0.684. The van der Waals surface area contributed by atoms with Crippen LogP contribution in [-0.4, -0.2) is 74.7 Å². The SMILES string of the molecule is CC/C=C\C[C@H](O)/C=C/C=C/C=C\C=C/[C@@H](O)[C@H](O)CCCC(=O)O[C@H](COC(=O)CCCCCCCCCCCC(C)C)COP(=O)(O)O. The van der Waals surface area contributed by atoms with E-state index in [0.717, 1.165) is 31.6 Å². The first-order valence-corrected chi connectivity index (χ1v) is 19.8. The van der Waals surface area contributed by atoms with Crippen molar-refractivity contribution < 1.29 is 53.3 Å². The molecule has 0 unspecified atom stereocenters. The number of carbonyl (C=O) groups excluding carboxylic acids is 2. The molecule has 0 bridgehead atoms. The predicted molar refractivity (Wildman–Crippen MR) is 197 cm³/mol. The quantitative estimate of drug-likeness (QED) is 0.0159. The Morgan fingerprint density at radius 1 is 0.680 bits per heavy atom. The Labute approximate surface area is 300 Å². The average molecular weight is 729 g/mol. The van der Waals surface area contributed by atoms with Gasteiger partial charge in [0.25, 0.3) is 0 Å². The summed E-state index contributed by atoms with van der Waals surface area (Å²) >= 11 is 0. The molecule has 5 N–H and O–H groups in total. The lowest BCUT2D eigenvalue weighted by molar-refractivity contribution is -0.161. The van der Waals surface area contributed by atoms with E-state index in [9.17, 15) is 29.5 Å². The van der Waals surface area contributed by atoms with Crippen LogP contribution in [0.2, 0.25) is 0 Å². The molecule has 0 spiro atoms. The molecular weight excluding hydrogens is 663 g/mol. The third kappa shape index (κ3) is 32.8. The number of aliphatic hydroxyl groups excluding tert-OH is 3. The summed E-state index contributed by atoms with van der Waals surface area (Å²) in [6.07, 6.45) is 26.2. The van der Waals surface area contributed by atoms with E-state index >= 15 is 0 Å². The van der Waals surface area contributed by atoms with Crippen LogP contribution in [0.4, 0.5) is 0 Å². The summed E-state index contributed by atoms with van der Waals surface area (Å²) in [6, 6.07) is 0. The summed E-state index contributed by atoms with van der Waals surface area (Å²) < 4.78 is 26.1. The molecule has 50 heavy (non-hydrogen) atoms. The highest BCUT2D eigenvalue weighted by Gasteiger charge is 2.23. The zero-order valence-electron chi connectivity index (χ0n) is 30.5. The second-order valence-electron chi connectivity index (χ2n) is 12.9. The molecule has 0 heterocycles. The molecule has 0 aliphatic rings. The van der Waals surface area contributed by atoms with Crippen LogP contribution in [0.3, 0.4) is 0 Å². The van der Waals surface area contributed by atoms with Gasteiger partial charge in [-0.15, -0.1) is 0 Å². The van der Waals surface area contributed by atoms with E-state index < -0.39 is 57.4 Å². The first-order chi connectivity index (χ1) is 23.8. The second-order valence-corrected chi connectivity index (χ2v) is 14.1. The highest BCUT2D eigenvalue weighted by molar-refractivity contribution is 7.46. The van der Waals surface area contributed by atoms with Crippen LogP contribution in [0, 0.1) is 5.92 Å². The van der Waals surface area contributed by atoms with Crippen LogP contribution < -0.4 is 0 Å². The fourth-order valence-corrected chi connectivity index (χ4v) is 5.08. The van der Waals surface area contributed by atoms with Crippen LogP contribution >= 0.6 is 7.82 Å². The molecule has 0 saturated carbocycles. The van der Waals surface area contributed by atoms with Gasteiger partial charge in [0.05, 0.1) is 24.9 Å². The topological polar surface area (TPSA) is 180 Å². The minimum atomic E-state index is -4.85. The Morgan fingerprint density at radius 2 is 1.24 bits per heavy atom. The van der Waals surface area contributed by atoms with Gasteiger partial charge in [0.2, 0.25) is 0 Å². The Kier molecular flexibility index (Phi) is 29.9. The number of rotatable bonds is 31. The third-order valence-electron chi connectivity index (χ3n) is 7.57. The van der Waals surface area contributed by atoms with Gasteiger partial charge in [0.15, 0.2) is 6.10 Å². The van der Waals surface area contributed by atoms with E-state index in [1.165, 1.54) is 44.6 Å². The lowest BCUT2D eigenvalue weighted by Crippen LogP contribution is -2.29. The van der Waals surface area contributed by atoms with E-state index in [0.29, 0.717) is 12.8 Å². The molecule has 288 valence electrons. The van der Waals surface area contributed by atoms with Crippen LogP contribution in [0.25, 0.3) is 0 Å². The number of hydrogen-bond acceptors (Lipinski definition) is 9. The highest BCUT2D eigenvalue weighted by Crippen LogP contribution is 2.36. The first kappa shape index (κ1) is 47.6. The average Bonchev–Trinajstić information content (AvgIpc) is 3.05. The number of carbonyl (C=O) groups is 2. The minimum Gasteiger partial charge on any atom is -0.462 e. The minimum absolute atomic E-state index is 0.0850. The molecule has 0 aromatic rings. The van der Waals surface area contributed by atoms with Crippen molar-refractivity contribution in [1.82, 2.24) is 0 Å². The number of ether oxygens (including phenoxy) is 2. The Balaban J connectivity index is 4.39. The van der Waals surface area contributed by atoms with Gasteiger partial charge < -0.3 is 34.6 Å². The van der Waals surface area contributed by atoms with Gasteiger partial charge >= 0.3 is 19.8 Å². The van der Waals surface area contributed by atoms with Crippen molar-refractivity contribution in [2.24, 2.45) is 5.92 Å². The molecule has 0 radical (unpaired) electrons. The summed E-state index contributed by atoms with van der Waals surface area (Å²) in [7, 11) is -4.85. The monoisotopic (exact) mass is 728 g/mol. The molecule has 4 atom stereocenters. The number of aliphatic hydroxyl groups is 3. The maximum Gasteiger partial charge on any atom is 0.469 e. The fourth-order valence-electron chi connectivity index (χ4n) is 4.72. The normalized spacial score (nSPS) is 15.2. The molecule has 0 aromatic heterocycles. The lowest BCUT2D eigenvalue weighted by Gasteiger charge is -2.19. The molecule has 0 aliphatic heterocycles. The zero-order valence-corrected chi connectivity index (χ0v) is 31.4. The van der Waals surface area contributed by atoms with Crippen molar-refractivity contribution in [3.63, 3.8) is 0 Å². The molecular formula is C38H65O11P. The van der Waals surface area contributed by atoms with Crippen molar-refractivity contribution in [2.45, 2.75) is 148 Å². The first-order valence-electron chi connectivity index (χ1n) is 18.3. The summed E-state index contributed by atoms with van der Waals surface area (Å²) in [5, 5.41) is 30.2.